The average molecular weight is 289 g/mol. The van der Waals surface area contributed by atoms with E-state index < -0.39 is 0 Å². The minimum Gasteiger partial charge on any atom is -0.344 e. The summed E-state index contributed by atoms with van der Waals surface area (Å²) < 4.78 is 0. The molecule has 0 aliphatic rings. The van der Waals surface area contributed by atoms with E-state index in [0.717, 1.165) is 25.1 Å². The SMILES string of the molecule is CCC[C@H](NC(=O)c1cnc(CC)nc1)c1cccs1. The van der Waals surface area contributed by atoms with Gasteiger partial charge in [0.25, 0.3) is 5.91 Å². The molecule has 1 amide bonds. The van der Waals surface area contributed by atoms with Crippen LogP contribution in [-0.4, -0.2) is 15.9 Å². The molecule has 0 aliphatic carbocycles. The molecule has 2 rings (SSSR count). The minimum absolute atomic E-state index is 0.0679. The summed E-state index contributed by atoms with van der Waals surface area (Å²) in [7, 11) is 0. The van der Waals surface area contributed by atoms with Gasteiger partial charge in [0, 0.05) is 23.7 Å². The molecular formula is C15H19N3OS. The number of nitrogens with one attached hydrogen (secondary N) is 1. The zero-order chi connectivity index (χ0) is 14.4. The van der Waals surface area contributed by atoms with E-state index in [1.54, 1.807) is 23.7 Å². The molecule has 5 heteroatoms. The summed E-state index contributed by atoms with van der Waals surface area (Å²) in [5.74, 6) is 0.643. The van der Waals surface area contributed by atoms with Crippen molar-refractivity contribution in [3.63, 3.8) is 0 Å². The van der Waals surface area contributed by atoms with E-state index in [0.29, 0.717) is 5.56 Å². The third kappa shape index (κ3) is 3.63. The number of hydrogen-bond acceptors (Lipinski definition) is 4. The van der Waals surface area contributed by atoms with Gasteiger partial charge in [-0.2, -0.15) is 0 Å². The normalized spacial score (nSPS) is 12.1. The monoisotopic (exact) mass is 289 g/mol. The van der Waals surface area contributed by atoms with E-state index in [4.69, 9.17) is 0 Å². The van der Waals surface area contributed by atoms with Crippen LogP contribution in [0, 0.1) is 0 Å². The molecule has 1 atom stereocenters. The maximum atomic E-state index is 12.2. The topological polar surface area (TPSA) is 54.9 Å². The third-order valence-corrected chi connectivity index (χ3v) is 4.04. The molecule has 2 aromatic rings. The fourth-order valence-corrected chi connectivity index (χ4v) is 2.77. The Morgan fingerprint density at radius 3 is 2.65 bits per heavy atom. The molecule has 0 fully saturated rings. The van der Waals surface area contributed by atoms with Crippen LogP contribution in [0.5, 0.6) is 0 Å². The average Bonchev–Trinajstić information content (AvgIpc) is 3.01. The van der Waals surface area contributed by atoms with Crippen molar-refractivity contribution >= 4 is 17.2 Å². The Bertz CT molecular complexity index is 537. The second-order valence-electron chi connectivity index (χ2n) is 4.57. The lowest BCUT2D eigenvalue weighted by molar-refractivity contribution is 0.0934. The van der Waals surface area contributed by atoms with Crippen LogP contribution < -0.4 is 5.32 Å². The number of carbonyl (C=O) groups excluding carboxylic acids is 1. The van der Waals surface area contributed by atoms with Crippen LogP contribution in [0.1, 0.15) is 53.8 Å². The van der Waals surface area contributed by atoms with Crippen LogP contribution >= 0.6 is 11.3 Å². The van der Waals surface area contributed by atoms with Crippen LogP contribution in [0.3, 0.4) is 0 Å². The molecule has 0 unspecified atom stereocenters. The molecule has 1 N–H and O–H groups in total. The first-order chi connectivity index (χ1) is 9.74. The second-order valence-corrected chi connectivity index (χ2v) is 5.55. The van der Waals surface area contributed by atoms with E-state index in [-0.39, 0.29) is 11.9 Å². The number of nitrogens with zero attached hydrogens (tertiary/aromatic N) is 2. The van der Waals surface area contributed by atoms with Crippen molar-refractivity contribution in [2.45, 2.75) is 39.2 Å². The lowest BCUT2D eigenvalue weighted by atomic mass is 10.1. The molecule has 106 valence electrons. The molecule has 0 aromatic carbocycles. The molecule has 20 heavy (non-hydrogen) atoms. The Labute approximate surface area is 123 Å². The second kappa shape index (κ2) is 7.14. The maximum Gasteiger partial charge on any atom is 0.254 e. The number of aryl methyl sites for hydroxylation is 1. The highest BCUT2D eigenvalue weighted by atomic mass is 32.1. The zero-order valence-corrected chi connectivity index (χ0v) is 12.6. The summed E-state index contributed by atoms with van der Waals surface area (Å²) in [5, 5.41) is 5.10. The summed E-state index contributed by atoms with van der Waals surface area (Å²) in [6.07, 6.45) is 5.92. The van der Waals surface area contributed by atoms with Crippen LogP contribution in [0.4, 0.5) is 0 Å². The van der Waals surface area contributed by atoms with Gasteiger partial charge in [-0.15, -0.1) is 11.3 Å². The van der Waals surface area contributed by atoms with Crippen LogP contribution in [0.15, 0.2) is 29.9 Å². The first kappa shape index (κ1) is 14.7. The van der Waals surface area contributed by atoms with Gasteiger partial charge in [0.05, 0.1) is 11.6 Å². The Hall–Kier alpha value is -1.75. The van der Waals surface area contributed by atoms with Gasteiger partial charge >= 0.3 is 0 Å². The molecule has 0 spiro atoms. The van der Waals surface area contributed by atoms with E-state index in [2.05, 4.69) is 28.3 Å². The highest BCUT2D eigenvalue weighted by Crippen LogP contribution is 2.23. The molecule has 4 nitrogen and oxygen atoms in total. The number of rotatable bonds is 6. The van der Waals surface area contributed by atoms with E-state index in [1.807, 2.05) is 18.4 Å². The van der Waals surface area contributed by atoms with Crippen molar-refractivity contribution in [2.75, 3.05) is 0 Å². The molecule has 0 saturated carbocycles. The van der Waals surface area contributed by atoms with E-state index >= 15 is 0 Å². The van der Waals surface area contributed by atoms with Crippen LogP contribution in [-0.2, 0) is 6.42 Å². The molecule has 0 aliphatic heterocycles. The van der Waals surface area contributed by atoms with Gasteiger partial charge < -0.3 is 5.32 Å². The fraction of sp³-hybridized carbons (Fsp3) is 0.400. The predicted molar refractivity (Wildman–Crippen MR) is 80.8 cm³/mol. The summed E-state index contributed by atoms with van der Waals surface area (Å²) in [5.41, 5.74) is 0.514. The van der Waals surface area contributed by atoms with Gasteiger partial charge in [-0.25, -0.2) is 9.97 Å². The van der Waals surface area contributed by atoms with Crippen LogP contribution in [0.25, 0.3) is 0 Å². The molecule has 0 saturated heterocycles. The first-order valence-corrected chi connectivity index (χ1v) is 7.77. The highest BCUT2D eigenvalue weighted by Gasteiger charge is 2.16. The Kier molecular flexibility index (Phi) is 5.24. The Morgan fingerprint density at radius 1 is 1.35 bits per heavy atom. The summed E-state index contributed by atoms with van der Waals surface area (Å²) in [6.45, 7) is 4.11. The molecule has 2 aromatic heterocycles. The molecule has 0 bridgehead atoms. The fourth-order valence-electron chi connectivity index (χ4n) is 1.96. The minimum atomic E-state index is -0.112. The predicted octanol–water partition coefficient (Wildman–Crippen LogP) is 3.37. The third-order valence-electron chi connectivity index (χ3n) is 3.05. The Morgan fingerprint density at radius 2 is 2.10 bits per heavy atom. The summed E-state index contributed by atoms with van der Waals surface area (Å²) >= 11 is 1.67. The number of carbonyl (C=O) groups is 1. The van der Waals surface area contributed by atoms with Gasteiger partial charge in [-0.1, -0.05) is 26.3 Å². The van der Waals surface area contributed by atoms with Gasteiger partial charge in [-0.05, 0) is 17.9 Å². The standard InChI is InChI=1S/C15H19N3OS/c1-3-6-12(13-7-5-8-20-13)18-15(19)11-9-16-14(4-2)17-10-11/h5,7-10,12H,3-4,6H2,1-2H3,(H,18,19)/t12-/m0/s1. The van der Waals surface area contributed by atoms with Gasteiger partial charge in [-0.3, -0.25) is 4.79 Å². The largest absolute Gasteiger partial charge is 0.344 e. The highest BCUT2D eigenvalue weighted by molar-refractivity contribution is 7.10. The molecule has 2 heterocycles. The lowest BCUT2D eigenvalue weighted by Gasteiger charge is -2.16. The van der Waals surface area contributed by atoms with E-state index in [1.165, 1.54) is 4.88 Å². The zero-order valence-electron chi connectivity index (χ0n) is 11.8. The summed E-state index contributed by atoms with van der Waals surface area (Å²) in [6, 6.07) is 4.13. The van der Waals surface area contributed by atoms with Crippen molar-refractivity contribution in [1.82, 2.24) is 15.3 Å². The number of hydrogen-bond donors (Lipinski definition) is 1. The van der Waals surface area contributed by atoms with Crippen LogP contribution in [0.2, 0.25) is 0 Å². The number of thiophene rings is 1. The van der Waals surface area contributed by atoms with Crippen molar-refractivity contribution in [2.24, 2.45) is 0 Å². The number of amides is 1. The van der Waals surface area contributed by atoms with Gasteiger partial charge in [0.2, 0.25) is 0 Å². The smallest absolute Gasteiger partial charge is 0.254 e. The Balaban J connectivity index is 2.07. The van der Waals surface area contributed by atoms with Crippen molar-refractivity contribution in [3.05, 3.63) is 46.2 Å². The lowest BCUT2D eigenvalue weighted by Crippen LogP contribution is -2.28. The van der Waals surface area contributed by atoms with Gasteiger partial charge in [0.15, 0.2) is 0 Å². The quantitative estimate of drug-likeness (QED) is 0.887. The molecule has 0 radical (unpaired) electrons. The van der Waals surface area contributed by atoms with Crippen molar-refractivity contribution < 1.29 is 4.79 Å². The van der Waals surface area contributed by atoms with Crippen molar-refractivity contribution in [3.8, 4) is 0 Å². The first-order valence-electron chi connectivity index (χ1n) is 6.89. The van der Waals surface area contributed by atoms with Gasteiger partial charge in [0.1, 0.15) is 5.82 Å². The van der Waals surface area contributed by atoms with E-state index in [9.17, 15) is 4.79 Å². The number of aromatic nitrogens is 2. The summed E-state index contributed by atoms with van der Waals surface area (Å²) in [4.78, 5) is 21.8. The molecular weight excluding hydrogens is 270 g/mol. The van der Waals surface area contributed by atoms with Crippen molar-refractivity contribution in [1.29, 1.82) is 0 Å². The maximum absolute atomic E-state index is 12.2.